The number of nitrogens with one attached hydrogen (secondary N) is 1. The van der Waals surface area contributed by atoms with Gasteiger partial charge in [0.15, 0.2) is 0 Å². The number of nitrogens with zero attached hydrogens (tertiary/aromatic N) is 1. The maximum absolute atomic E-state index is 11.6. The van der Waals surface area contributed by atoms with Crippen LogP contribution in [0.4, 0.5) is 0 Å². The van der Waals surface area contributed by atoms with Crippen molar-refractivity contribution in [2.24, 2.45) is 0 Å². The third-order valence-corrected chi connectivity index (χ3v) is 2.79. The summed E-state index contributed by atoms with van der Waals surface area (Å²) in [7, 11) is 0. The molecule has 3 nitrogen and oxygen atoms in total. The van der Waals surface area contributed by atoms with E-state index in [1.54, 1.807) is 6.08 Å². The van der Waals surface area contributed by atoms with Crippen molar-refractivity contribution in [3.05, 3.63) is 41.0 Å². The van der Waals surface area contributed by atoms with Crippen molar-refractivity contribution in [1.82, 2.24) is 5.32 Å². The van der Waals surface area contributed by atoms with Crippen molar-refractivity contribution < 1.29 is 4.79 Å². The van der Waals surface area contributed by atoms with Crippen molar-refractivity contribution in [2.75, 3.05) is 6.54 Å². The monoisotopic (exact) mass is 256 g/mol. The number of amides is 1. The summed E-state index contributed by atoms with van der Waals surface area (Å²) in [4.78, 5) is 11.6. The molecule has 19 heavy (non-hydrogen) atoms. The molecule has 0 fully saturated rings. The number of benzene rings is 1. The highest BCUT2D eigenvalue weighted by molar-refractivity contribution is 6.01. The van der Waals surface area contributed by atoms with Crippen LogP contribution in [0, 0.1) is 11.3 Å². The molecule has 0 saturated carbocycles. The largest absolute Gasteiger partial charge is 0.352 e. The highest BCUT2D eigenvalue weighted by atomic mass is 16.1. The topological polar surface area (TPSA) is 52.9 Å². The third-order valence-electron chi connectivity index (χ3n) is 2.79. The molecule has 0 aromatic heterocycles. The summed E-state index contributed by atoms with van der Waals surface area (Å²) in [6, 6.07) is 9.84. The summed E-state index contributed by atoms with van der Waals surface area (Å²) in [5.41, 5.74) is 2.31. The number of nitriles is 1. The molecule has 1 aromatic rings. The maximum atomic E-state index is 11.6. The van der Waals surface area contributed by atoms with E-state index in [1.165, 1.54) is 5.56 Å². The molecule has 100 valence electrons. The van der Waals surface area contributed by atoms with Crippen LogP contribution in [0.1, 0.15) is 38.8 Å². The Morgan fingerprint density at radius 3 is 2.32 bits per heavy atom. The number of carbonyl (C=O) groups excluding carboxylic acids is 1. The predicted molar refractivity (Wildman–Crippen MR) is 77.4 cm³/mol. The fraction of sp³-hybridized carbons (Fsp3) is 0.375. The number of rotatable bonds is 3. The molecule has 0 bridgehead atoms. The Bertz CT molecular complexity index is 513. The van der Waals surface area contributed by atoms with E-state index in [4.69, 9.17) is 5.26 Å². The van der Waals surface area contributed by atoms with Gasteiger partial charge in [-0.25, -0.2) is 0 Å². The van der Waals surface area contributed by atoms with E-state index in [9.17, 15) is 4.79 Å². The Labute approximate surface area is 114 Å². The first kappa shape index (κ1) is 15.0. The second-order valence-corrected chi connectivity index (χ2v) is 5.40. The van der Waals surface area contributed by atoms with Gasteiger partial charge >= 0.3 is 0 Å². The third kappa shape index (κ3) is 4.26. The lowest BCUT2D eigenvalue weighted by Crippen LogP contribution is -2.23. The van der Waals surface area contributed by atoms with Gasteiger partial charge in [-0.1, -0.05) is 45.0 Å². The molecule has 1 N–H and O–H groups in total. The van der Waals surface area contributed by atoms with Gasteiger partial charge in [0.05, 0.1) is 0 Å². The summed E-state index contributed by atoms with van der Waals surface area (Å²) in [5, 5.41) is 11.6. The predicted octanol–water partition coefficient (Wildman–Crippen LogP) is 3.03. The van der Waals surface area contributed by atoms with E-state index in [0.29, 0.717) is 6.54 Å². The lowest BCUT2D eigenvalue weighted by molar-refractivity contribution is -0.116. The highest BCUT2D eigenvalue weighted by Gasteiger charge is 2.13. The Morgan fingerprint density at radius 2 is 1.89 bits per heavy atom. The summed E-state index contributed by atoms with van der Waals surface area (Å²) < 4.78 is 0. The molecule has 0 heterocycles. The molecule has 3 heteroatoms. The average Bonchev–Trinajstić information content (AvgIpc) is 2.35. The Balaban J connectivity index is 2.98. The van der Waals surface area contributed by atoms with Crippen LogP contribution in [-0.4, -0.2) is 12.5 Å². The minimum atomic E-state index is -0.329. The van der Waals surface area contributed by atoms with E-state index >= 15 is 0 Å². The fourth-order valence-corrected chi connectivity index (χ4v) is 1.65. The summed E-state index contributed by atoms with van der Waals surface area (Å²) in [6.45, 7) is 8.78. The second-order valence-electron chi connectivity index (χ2n) is 5.40. The maximum Gasteiger partial charge on any atom is 0.261 e. The van der Waals surface area contributed by atoms with Crippen LogP contribution in [0.25, 0.3) is 6.08 Å². The van der Waals surface area contributed by atoms with Gasteiger partial charge in [-0.05, 0) is 29.5 Å². The molecule has 0 atom stereocenters. The first-order valence-corrected chi connectivity index (χ1v) is 6.39. The Hall–Kier alpha value is -2.08. The lowest BCUT2D eigenvalue weighted by Gasteiger charge is -2.18. The van der Waals surface area contributed by atoms with Crippen molar-refractivity contribution in [3.8, 4) is 6.07 Å². The summed E-state index contributed by atoms with van der Waals surface area (Å²) in [6.07, 6.45) is 1.61. The van der Waals surface area contributed by atoms with E-state index < -0.39 is 0 Å². The number of hydrogen-bond donors (Lipinski definition) is 1. The van der Waals surface area contributed by atoms with Crippen LogP contribution >= 0.6 is 0 Å². The number of carbonyl (C=O) groups is 1. The second kappa shape index (κ2) is 6.19. The van der Waals surface area contributed by atoms with Crippen LogP contribution in [0.5, 0.6) is 0 Å². The lowest BCUT2D eigenvalue weighted by atomic mass is 9.86. The normalized spacial score (nSPS) is 11.8. The summed E-state index contributed by atoms with van der Waals surface area (Å²) in [5.74, 6) is -0.329. The standard InChI is InChI=1S/C16H20N2O/c1-5-18-15(19)13(11-17)10-12-6-8-14(9-7-12)16(2,3)4/h6-10H,5H2,1-4H3,(H,18,19)/b13-10+. The molecule has 0 aliphatic carbocycles. The molecule has 0 unspecified atom stereocenters. The zero-order chi connectivity index (χ0) is 14.5. The molecule has 0 aliphatic heterocycles. The Kier molecular flexibility index (Phi) is 4.88. The first-order chi connectivity index (χ1) is 8.88. The smallest absolute Gasteiger partial charge is 0.261 e. The van der Waals surface area contributed by atoms with Gasteiger partial charge in [-0.2, -0.15) is 5.26 Å². The molecular formula is C16H20N2O. The molecule has 1 amide bonds. The molecule has 0 aliphatic rings. The molecule has 0 spiro atoms. The van der Waals surface area contributed by atoms with Crippen molar-refractivity contribution in [2.45, 2.75) is 33.1 Å². The molecule has 1 aromatic carbocycles. The zero-order valence-electron chi connectivity index (χ0n) is 11.9. The van der Waals surface area contributed by atoms with Crippen LogP contribution in [0.15, 0.2) is 29.8 Å². The quantitative estimate of drug-likeness (QED) is 0.667. The van der Waals surface area contributed by atoms with Gasteiger partial charge in [0, 0.05) is 6.54 Å². The van der Waals surface area contributed by atoms with Crippen LogP contribution in [-0.2, 0) is 10.2 Å². The SMILES string of the molecule is CCNC(=O)/C(C#N)=C/c1ccc(C(C)(C)C)cc1. The van der Waals surface area contributed by atoms with Gasteiger partial charge in [0.25, 0.3) is 5.91 Å². The highest BCUT2D eigenvalue weighted by Crippen LogP contribution is 2.22. The van der Waals surface area contributed by atoms with Gasteiger partial charge in [0.2, 0.25) is 0 Å². The summed E-state index contributed by atoms with van der Waals surface area (Å²) >= 11 is 0. The van der Waals surface area contributed by atoms with Crippen molar-refractivity contribution in [3.63, 3.8) is 0 Å². The van der Waals surface area contributed by atoms with Gasteiger partial charge < -0.3 is 5.32 Å². The van der Waals surface area contributed by atoms with E-state index in [1.807, 2.05) is 37.3 Å². The molecule has 1 rings (SSSR count). The van der Waals surface area contributed by atoms with Gasteiger partial charge in [-0.3, -0.25) is 4.79 Å². The number of hydrogen-bond acceptors (Lipinski definition) is 2. The molecule has 0 saturated heterocycles. The molecule has 0 radical (unpaired) electrons. The van der Waals surface area contributed by atoms with E-state index in [2.05, 4.69) is 26.1 Å². The van der Waals surface area contributed by atoms with Crippen molar-refractivity contribution in [1.29, 1.82) is 5.26 Å². The Morgan fingerprint density at radius 1 is 1.32 bits per heavy atom. The van der Waals surface area contributed by atoms with Gasteiger partial charge in [-0.15, -0.1) is 0 Å². The van der Waals surface area contributed by atoms with Gasteiger partial charge in [0.1, 0.15) is 11.6 Å². The van der Waals surface area contributed by atoms with Crippen molar-refractivity contribution >= 4 is 12.0 Å². The number of likely N-dealkylation sites (N-methyl/N-ethyl adjacent to an activating group) is 1. The average molecular weight is 256 g/mol. The van der Waals surface area contributed by atoms with E-state index in [0.717, 1.165) is 5.56 Å². The molecular weight excluding hydrogens is 236 g/mol. The van der Waals surface area contributed by atoms with E-state index in [-0.39, 0.29) is 16.9 Å². The minimum absolute atomic E-state index is 0.0971. The zero-order valence-corrected chi connectivity index (χ0v) is 11.9. The minimum Gasteiger partial charge on any atom is -0.352 e. The van der Waals surface area contributed by atoms with Crippen LogP contribution < -0.4 is 5.32 Å². The van der Waals surface area contributed by atoms with Crippen LogP contribution in [0.3, 0.4) is 0 Å². The first-order valence-electron chi connectivity index (χ1n) is 6.39. The van der Waals surface area contributed by atoms with Crippen LogP contribution in [0.2, 0.25) is 0 Å². The fourth-order valence-electron chi connectivity index (χ4n) is 1.65.